The second-order valence-electron chi connectivity index (χ2n) is 5.75. The Morgan fingerprint density at radius 2 is 1.67 bits per heavy atom. The Labute approximate surface area is 131 Å². The molecule has 0 bridgehead atoms. The molecular formula is C16H23ClN2O2. The smallest absolute Gasteiger partial charge is 0.220 e. The third kappa shape index (κ3) is 6.63. The number of halogens is 1. The van der Waals surface area contributed by atoms with Crippen molar-refractivity contribution in [2.75, 3.05) is 13.1 Å². The van der Waals surface area contributed by atoms with Gasteiger partial charge in [0.15, 0.2) is 0 Å². The van der Waals surface area contributed by atoms with Crippen molar-refractivity contribution in [2.45, 2.75) is 39.0 Å². The van der Waals surface area contributed by atoms with Crippen molar-refractivity contribution in [3.8, 4) is 0 Å². The number of hydrogen-bond acceptors (Lipinski definition) is 2. The highest BCUT2D eigenvalue weighted by Crippen LogP contribution is 2.27. The van der Waals surface area contributed by atoms with Crippen molar-refractivity contribution in [3.05, 3.63) is 34.9 Å². The zero-order valence-corrected chi connectivity index (χ0v) is 13.6. The van der Waals surface area contributed by atoms with E-state index in [1.165, 1.54) is 6.92 Å². The molecule has 0 heterocycles. The number of carbonyl (C=O) groups excluding carboxylic acids is 2. The molecule has 0 aliphatic carbocycles. The van der Waals surface area contributed by atoms with Gasteiger partial charge in [0.2, 0.25) is 11.8 Å². The van der Waals surface area contributed by atoms with Crippen LogP contribution in [0.1, 0.15) is 39.2 Å². The van der Waals surface area contributed by atoms with Gasteiger partial charge in [-0.25, -0.2) is 0 Å². The molecule has 0 atom stereocenters. The number of amides is 2. The van der Waals surface area contributed by atoms with Gasteiger partial charge in [-0.05, 0) is 29.5 Å². The summed E-state index contributed by atoms with van der Waals surface area (Å²) in [5, 5.41) is 6.26. The lowest BCUT2D eigenvalue weighted by molar-refractivity contribution is -0.122. The summed E-state index contributed by atoms with van der Waals surface area (Å²) >= 11 is 5.88. The lowest BCUT2D eigenvalue weighted by Gasteiger charge is -2.24. The van der Waals surface area contributed by atoms with Crippen LogP contribution in [0.5, 0.6) is 0 Å². The first kappa shape index (κ1) is 17.5. The summed E-state index contributed by atoms with van der Waals surface area (Å²) < 4.78 is 0. The van der Waals surface area contributed by atoms with Gasteiger partial charge >= 0.3 is 0 Å². The van der Waals surface area contributed by atoms with E-state index in [0.717, 1.165) is 12.0 Å². The largest absolute Gasteiger partial charge is 0.356 e. The topological polar surface area (TPSA) is 58.2 Å². The molecule has 0 fully saturated rings. The van der Waals surface area contributed by atoms with Crippen molar-refractivity contribution in [1.29, 1.82) is 0 Å². The first-order valence-electron chi connectivity index (χ1n) is 7.08. The molecule has 5 heteroatoms. The van der Waals surface area contributed by atoms with Gasteiger partial charge in [0.25, 0.3) is 0 Å². The molecule has 0 saturated heterocycles. The molecule has 0 radical (unpaired) electrons. The van der Waals surface area contributed by atoms with Gasteiger partial charge in [0.1, 0.15) is 0 Å². The van der Waals surface area contributed by atoms with Crippen molar-refractivity contribution >= 4 is 23.4 Å². The molecule has 4 nitrogen and oxygen atoms in total. The number of benzene rings is 1. The summed E-state index contributed by atoms with van der Waals surface area (Å²) in [4.78, 5) is 22.7. The van der Waals surface area contributed by atoms with Crippen molar-refractivity contribution in [2.24, 2.45) is 0 Å². The first-order chi connectivity index (χ1) is 9.81. The van der Waals surface area contributed by atoms with Gasteiger partial charge in [-0.2, -0.15) is 0 Å². The Kier molecular flexibility index (Phi) is 6.69. The minimum atomic E-state index is -0.244. The van der Waals surface area contributed by atoms with Crippen molar-refractivity contribution < 1.29 is 9.59 Å². The van der Waals surface area contributed by atoms with Crippen molar-refractivity contribution in [1.82, 2.24) is 10.6 Å². The van der Waals surface area contributed by atoms with Crippen molar-refractivity contribution in [3.63, 3.8) is 0 Å². The molecule has 0 saturated carbocycles. The van der Waals surface area contributed by atoms with Gasteiger partial charge in [-0.3, -0.25) is 9.59 Å². The molecule has 0 aliphatic rings. The third-order valence-electron chi connectivity index (χ3n) is 3.28. The summed E-state index contributed by atoms with van der Waals surface area (Å²) in [7, 11) is 0. The fourth-order valence-corrected chi connectivity index (χ4v) is 2.17. The Balaban J connectivity index is 2.38. The lowest BCUT2D eigenvalue weighted by Crippen LogP contribution is -2.33. The van der Waals surface area contributed by atoms with Crippen LogP contribution in [0.2, 0.25) is 5.02 Å². The van der Waals surface area contributed by atoms with Crippen LogP contribution < -0.4 is 10.6 Å². The molecular weight excluding hydrogens is 288 g/mol. The van der Waals surface area contributed by atoms with Crippen LogP contribution in [-0.2, 0) is 15.0 Å². The molecule has 1 rings (SSSR count). The number of rotatable bonds is 7. The summed E-state index contributed by atoms with van der Waals surface area (Å²) in [6.07, 6.45) is 1.14. The molecule has 0 unspecified atom stereocenters. The second-order valence-corrected chi connectivity index (χ2v) is 6.19. The number of carbonyl (C=O) groups is 2. The lowest BCUT2D eigenvalue weighted by atomic mass is 9.81. The minimum absolute atomic E-state index is 0.0118. The Bertz CT molecular complexity index is 484. The molecule has 116 valence electrons. The molecule has 1 aromatic rings. The highest BCUT2D eigenvalue weighted by molar-refractivity contribution is 6.30. The molecule has 0 spiro atoms. The SMILES string of the molecule is CC(=O)NCCCNC(=O)CC(C)(C)c1ccc(Cl)cc1. The molecule has 0 aromatic heterocycles. The van der Waals surface area contributed by atoms with Gasteiger partial charge in [-0.1, -0.05) is 37.6 Å². The van der Waals surface area contributed by atoms with E-state index in [-0.39, 0.29) is 17.2 Å². The van der Waals surface area contributed by atoms with Crippen LogP contribution in [0, 0.1) is 0 Å². The fourth-order valence-electron chi connectivity index (χ4n) is 2.05. The molecule has 2 amide bonds. The molecule has 0 aliphatic heterocycles. The van der Waals surface area contributed by atoms with Gasteiger partial charge in [-0.15, -0.1) is 0 Å². The number of nitrogens with one attached hydrogen (secondary N) is 2. The summed E-state index contributed by atoms with van der Waals surface area (Å²) in [5.41, 5.74) is 0.840. The standard InChI is InChI=1S/C16H23ClN2O2/c1-12(20)18-9-4-10-19-15(21)11-16(2,3)13-5-7-14(17)8-6-13/h5-8H,4,9-11H2,1-3H3,(H,18,20)(H,19,21). The summed E-state index contributed by atoms with van der Waals surface area (Å²) in [5.74, 6) is -0.0389. The predicted octanol–water partition coefficient (Wildman–Crippen LogP) is 2.65. The van der Waals surface area contributed by atoms with Gasteiger partial charge < -0.3 is 10.6 Å². The van der Waals surface area contributed by atoms with Gasteiger partial charge in [0.05, 0.1) is 0 Å². The van der Waals surface area contributed by atoms with Crippen LogP contribution >= 0.6 is 11.6 Å². The highest BCUT2D eigenvalue weighted by Gasteiger charge is 2.23. The van der Waals surface area contributed by atoms with E-state index >= 15 is 0 Å². The predicted molar refractivity (Wildman–Crippen MR) is 85.4 cm³/mol. The summed E-state index contributed by atoms with van der Waals surface area (Å²) in [6.45, 7) is 6.69. The maximum absolute atomic E-state index is 12.0. The van der Waals surface area contributed by atoms with Crippen LogP contribution in [0.3, 0.4) is 0 Å². The Morgan fingerprint density at radius 3 is 2.24 bits per heavy atom. The monoisotopic (exact) mass is 310 g/mol. The van der Waals surface area contributed by atoms with Gasteiger partial charge in [0, 0.05) is 31.5 Å². The zero-order valence-electron chi connectivity index (χ0n) is 12.8. The number of hydrogen-bond donors (Lipinski definition) is 2. The van der Waals surface area contributed by atoms with E-state index in [1.807, 2.05) is 38.1 Å². The summed E-state index contributed by atoms with van der Waals surface area (Å²) in [6, 6.07) is 7.58. The quantitative estimate of drug-likeness (QED) is 0.761. The molecule has 1 aromatic carbocycles. The maximum atomic E-state index is 12.0. The second kappa shape index (κ2) is 8.03. The minimum Gasteiger partial charge on any atom is -0.356 e. The fraction of sp³-hybridized carbons (Fsp3) is 0.500. The van der Waals surface area contributed by atoms with Crippen LogP contribution in [0.15, 0.2) is 24.3 Å². The van der Waals surface area contributed by atoms with E-state index < -0.39 is 0 Å². The van der Waals surface area contributed by atoms with Crippen LogP contribution in [0.25, 0.3) is 0 Å². The average Bonchev–Trinajstić information content (AvgIpc) is 2.37. The van der Waals surface area contributed by atoms with E-state index in [0.29, 0.717) is 24.5 Å². The first-order valence-corrected chi connectivity index (χ1v) is 7.46. The average molecular weight is 311 g/mol. The normalized spacial score (nSPS) is 11.0. The van der Waals surface area contributed by atoms with E-state index in [9.17, 15) is 9.59 Å². The Hall–Kier alpha value is -1.55. The molecule has 2 N–H and O–H groups in total. The highest BCUT2D eigenvalue weighted by atomic mass is 35.5. The molecule has 21 heavy (non-hydrogen) atoms. The Morgan fingerprint density at radius 1 is 1.10 bits per heavy atom. The van der Waals surface area contributed by atoms with E-state index in [4.69, 9.17) is 11.6 Å². The maximum Gasteiger partial charge on any atom is 0.220 e. The third-order valence-corrected chi connectivity index (χ3v) is 3.53. The van der Waals surface area contributed by atoms with Crippen LogP contribution in [-0.4, -0.2) is 24.9 Å². The van der Waals surface area contributed by atoms with E-state index in [2.05, 4.69) is 10.6 Å². The van der Waals surface area contributed by atoms with E-state index in [1.54, 1.807) is 0 Å². The zero-order chi connectivity index (χ0) is 15.9. The van der Waals surface area contributed by atoms with Crippen LogP contribution in [0.4, 0.5) is 0 Å².